The van der Waals surface area contributed by atoms with Crippen LogP contribution in [0.2, 0.25) is 0 Å². The Kier molecular flexibility index (Phi) is 25.1. The number of amides is 4. The third kappa shape index (κ3) is 19.5. The molecule has 0 spiro atoms. The van der Waals surface area contributed by atoms with E-state index in [2.05, 4.69) is 10.2 Å². The molecule has 1 saturated heterocycles. The number of hydrogen-bond acceptors (Lipinski definition) is 14. The van der Waals surface area contributed by atoms with Crippen LogP contribution in [-0.4, -0.2) is 163 Å². The van der Waals surface area contributed by atoms with Crippen molar-refractivity contribution in [3.05, 3.63) is 156 Å². The Morgan fingerprint density at radius 1 is 0.394 bits per heavy atom. The molecule has 1 aliphatic heterocycles. The van der Waals surface area contributed by atoms with Crippen LogP contribution in [-0.2, 0) is 83.2 Å². The van der Waals surface area contributed by atoms with Crippen molar-refractivity contribution in [1.29, 1.82) is 0 Å². The highest BCUT2D eigenvalue weighted by Crippen LogP contribution is 2.27. The molecule has 0 bridgehead atoms. The minimum atomic E-state index is -1.61. The summed E-state index contributed by atoms with van der Waals surface area (Å²) in [7, 11) is 5.49. The van der Waals surface area contributed by atoms with Gasteiger partial charge in [0.2, 0.25) is 0 Å². The van der Waals surface area contributed by atoms with E-state index in [4.69, 9.17) is 18.9 Å². The molecule has 7 rings (SSSR count). The summed E-state index contributed by atoms with van der Waals surface area (Å²) in [5.41, 5.74) is 5.83. The number of ether oxygens (including phenoxy) is 4. The zero-order chi connectivity index (χ0) is 68.8. The van der Waals surface area contributed by atoms with E-state index < -0.39 is 96.1 Å². The van der Waals surface area contributed by atoms with Gasteiger partial charge in [-0.05, 0) is 121 Å². The standard InChI is InChI=1S/C72H90F2N8O12/c1-43(2)30-59-69(87)91-48(10)66(84)78(12)62(33-46(7)8)72(90)94-64(36-51-16-15-17-52(34-51)40-82-42-56(38-76-82)54-24-28-58(74)29-25-54)68(86)80(14)60(31-44(3)4)70(88)92-47(9)65(83)77(11)61(32-45(5)6)71(89)93-63(67(85)79(59)13)35-49-18-20-50(21-19-49)39-81-41-55(37-75-81)53-22-26-57(73)27-23-53/h15-29,34,37-38,41-48,59-64H,30-33,35-36,39-40H2,1-14H3/t47-,48-,59+,60+,61+,62+,63-,64-/m1/s1. The van der Waals surface area contributed by atoms with Crippen molar-refractivity contribution in [2.24, 2.45) is 23.7 Å². The molecule has 0 radical (unpaired) electrons. The maximum Gasteiger partial charge on any atom is 0.329 e. The molecule has 22 heteroatoms. The maximum absolute atomic E-state index is 15.2. The molecule has 20 nitrogen and oxygen atoms in total. The van der Waals surface area contributed by atoms with Gasteiger partial charge in [0.1, 0.15) is 35.8 Å². The molecular weight excluding hydrogens is 1210 g/mol. The molecule has 8 atom stereocenters. The van der Waals surface area contributed by atoms with E-state index in [1.165, 1.54) is 66.3 Å². The molecule has 0 saturated carbocycles. The Morgan fingerprint density at radius 2 is 0.713 bits per heavy atom. The molecule has 1 aliphatic rings. The van der Waals surface area contributed by atoms with E-state index in [9.17, 15) is 37.5 Å². The topological polar surface area (TPSA) is 222 Å². The number of carbonyl (C=O) groups is 8. The van der Waals surface area contributed by atoms with E-state index in [1.54, 1.807) is 70.3 Å². The second-order valence-electron chi connectivity index (χ2n) is 26.3. The van der Waals surface area contributed by atoms with Crippen molar-refractivity contribution in [2.75, 3.05) is 28.2 Å². The lowest BCUT2D eigenvalue weighted by Gasteiger charge is -2.35. The van der Waals surface area contributed by atoms with E-state index in [1.807, 2.05) is 92.0 Å². The number of rotatable bonds is 18. The van der Waals surface area contributed by atoms with Gasteiger partial charge in [0.05, 0.1) is 25.5 Å². The highest BCUT2D eigenvalue weighted by molar-refractivity contribution is 5.94. The number of aromatic nitrogens is 4. The highest BCUT2D eigenvalue weighted by Gasteiger charge is 2.43. The number of halogens is 2. The summed E-state index contributed by atoms with van der Waals surface area (Å²) in [5, 5.41) is 9.00. The first-order valence-corrected chi connectivity index (χ1v) is 32.1. The summed E-state index contributed by atoms with van der Waals surface area (Å²) in [4.78, 5) is 123. The van der Waals surface area contributed by atoms with Crippen LogP contribution in [0.25, 0.3) is 22.3 Å². The van der Waals surface area contributed by atoms with Crippen LogP contribution in [0.5, 0.6) is 0 Å². The predicted octanol–water partition coefficient (Wildman–Crippen LogP) is 9.77. The molecule has 2 aromatic heterocycles. The van der Waals surface area contributed by atoms with Crippen molar-refractivity contribution >= 4 is 47.5 Å². The fraction of sp³-hybridized carbons (Fsp3) is 0.472. The van der Waals surface area contributed by atoms with Crippen LogP contribution in [0.1, 0.15) is 117 Å². The fourth-order valence-electron chi connectivity index (χ4n) is 11.4. The molecule has 4 aromatic carbocycles. The predicted molar refractivity (Wildman–Crippen MR) is 349 cm³/mol. The number of nitrogens with zero attached hydrogens (tertiary/aromatic N) is 8. The summed E-state index contributed by atoms with van der Waals surface area (Å²) in [5.74, 6) is -8.63. The van der Waals surface area contributed by atoms with Gasteiger partial charge in [-0.15, -0.1) is 0 Å². The Morgan fingerprint density at radius 3 is 1.09 bits per heavy atom. The first-order valence-electron chi connectivity index (χ1n) is 32.1. The average molecular weight is 1300 g/mol. The van der Waals surface area contributed by atoms with Crippen molar-refractivity contribution in [2.45, 2.75) is 169 Å². The Labute approximate surface area is 549 Å². The van der Waals surface area contributed by atoms with Crippen molar-refractivity contribution in [3.8, 4) is 22.3 Å². The van der Waals surface area contributed by atoms with E-state index >= 15 is 9.59 Å². The van der Waals surface area contributed by atoms with Gasteiger partial charge >= 0.3 is 23.9 Å². The van der Waals surface area contributed by atoms with Crippen molar-refractivity contribution in [1.82, 2.24) is 39.2 Å². The van der Waals surface area contributed by atoms with Gasteiger partial charge in [0, 0.05) is 64.6 Å². The number of esters is 4. The van der Waals surface area contributed by atoms with Gasteiger partial charge in [-0.1, -0.05) is 128 Å². The van der Waals surface area contributed by atoms with E-state index in [0.29, 0.717) is 17.7 Å². The lowest BCUT2D eigenvalue weighted by Crippen LogP contribution is -2.55. The van der Waals surface area contributed by atoms with Gasteiger partial charge in [-0.3, -0.25) is 28.5 Å². The third-order valence-corrected chi connectivity index (χ3v) is 16.6. The lowest BCUT2D eigenvalue weighted by atomic mass is 9.99. The molecule has 4 amide bonds. The highest BCUT2D eigenvalue weighted by atomic mass is 19.1. The van der Waals surface area contributed by atoms with Crippen LogP contribution in [0, 0.1) is 35.3 Å². The van der Waals surface area contributed by atoms with Gasteiger partial charge in [0.25, 0.3) is 23.6 Å². The number of hydrogen-bond donors (Lipinski definition) is 0. The Hall–Kier alpha value is -9.08. The second kappa shape index (κ2) is 32.7. The quantitative estimate of drug-likeness (QED) is 0.0577. The molecule has 6 aromatic rings. The summed E-state index contributed by atoms with van der Waals surface area (Å²) in [6, 6.07) is 21.2. The number of carbonyl (C=O) groups excluding carboxylic acids is 8. The molecular formula is C72H90F2N8O12. The zero-order valence-corrected chi connectivity index (χ0v) is 56.4. The van der Waals surface area contributed by atoms with Gasteiger partial charge in [-0.25, -0.2) is 28.0 Å². The number of likely N-dealkylation sites (N-methyl/N-ethyl adjacent to an activating group) is 4. The third-order valence-electron chi connectivity index (χ3n) is 16.6. The molecule has 94 heavy (non-hydrogen) atoms. The van der Waals surface area contributed by atoms with E-state index in [-0.39, 0.29) is 80.4 Å². The van der Waals surface area contributed by atoms with Crippen LogP contribution in [0.3, 0.4) is 0 Å². The van der Waals surface area contributed by atoms with Crippen LogP contribution >= 0.6 is 0 Å². The summed E-state index contributed by atoms with van der Waals surface area (Å²) in [6.45, 7) is 18.0. The smallest absolute Gasteiger partial charge is 0.329 e. The summed E-state index contributed by atoms with van der Waals surface area (Å²) >= 11 is 0. The average Bonchev–Trinajstić information content (AvgIpc) is 1.09. The number of cyclic esters (lactones) is 4. The summed E-state index contributed by atoms with van der Waals surface area (Å²) < 4.78 is 55.3. The van der Waals surface area contributed by atoms with Gasteiger partial charge in [-0.2, -0.15) is 10.2 Å². The molecule has 504 valence electrons. The van der Waals surface area contributed by atoms with Gasteiger partial charge < -0.3 is 38.5 Å². The Bertz CT molecular complexity index is 3570. The second-order valence-corrected chi connectivity index (χ2v) is 26.3. The lowest BCUT2D eigenvalue weighted by molar-refractivity contribution is -0.176. The molecule has 1 fully saturated rings. The molecule has 3 heterocycles. The minimum absolute atomic E-state index is 0.0402. The SMILES string of the molecule is CC(C)C[C@H]1C(=O)O[C@H](Cc2cccc(Cn3cc(-c4ccc(F)cc4)cn3)c2)C(=O)N(C)[C@@H](CC(C)C)C(=O)O[C@H](C)C(=O)N(C)[C@@H](CC(C)C)C(=O)O[C@H](Cc2ccc(Cn3cc(-c4ccc(F)cc4)cn3)cc2)C(=O)N(C)[C@@H](CC(C)C)C(=O)O[C@H](C)C(=O)N1C. The minimum Gasteiger partial charge on any atom is -0.451 e. The largest absolute Gasteiger partial charge is 0.451 e. The molecule has 0 aliphatic carbocycles. The monoisotopic (exact) mass is 1300 g/mol. The van der Waals surface area contributed by atoms with Crippen LogP contribution in [0.15, 0.2) is 122 Å². The zero-order valence-electron chi connectivity index (χ0n) is 56.4. The molecule has 0 unspecified atom stereocenters. The first-order chi connectivity index (χ1) is 44.5. The normalized spacial score (nSPS) is 21.5. The fourth-order valence-corrected chi connectivity index (χ4v) is 11.4. The Balaban J connectivity index is 1.23. The summed E-state index contributed by atoms with van der Waals surface area (Å²) in [6.07, 6.45) is 0.502. The van der Waals surface area contributed by atoms with Crippen LogP contribution in [0.4, 0.5) is 8.78 Å². The molecule has 0 N–H and O–H groups in total. The van der Waals surface area contributed by atoms with Gasteiger partial charge in [0.15, 0.2) is 24.4 Å². The van der Waals surface area contributed by atoms with E-state index in [0.717, 1.165) is 53.0 Å². The van der Waals surface area contributed by atoms with Crippen molar-refractivity contribution in [3.63, 3.8) is 0 Å². The van der Waals surface area contributed by atoms with Crippen molar-refractivity contribution < 1.29 is 66.1 Å². The number of benzene rings is 4. The van der Waals surface area contributed by atoms with Crippen LogP contribution < -0.4 is 0 Å². The maximum atomic E-state index is 15.2. The first kappa shape index (κ1) is 72.3.